The van der Waals surface area contributed by atoms with Gasteiger partial charge in [0.15, 0.2) is 0 Å². The number of pyridine rings is 1. The average molecular weight is 397 g/mol. The normalized spacial score (nSPS) is 22.8. The molecule has 2 aliphatic rings. The second-order valence-corrected chi connectivity index (χ2v) is 8.01. The molecule has 0 spiro atoms. The lowest BCUT2D eigenvalue weighted by Gasteiger charge is -2.45. The highest BCUT2D eigenvalue weighted by Crippen LogP contribution is 2.37. The number of nitrogens with two attached hydrogens (primary N) is 1. The largest absolute Gasteiger partial charge is 0.444 e. The lowest BCUT2D eigenvalue weighted by Crippen LogP contribution is -2.56. The highest BCUT2D eigenvalue weighted by atomic mass is 79.9. The zero-order valence-corrected chi connectivity index (χ0v) is 15.5. The summed E-state index contributed by atoms with van der Waals surface area (Å²) in [5, 5.41) is 0. The fourth-order valence-electron chi connectivity index (χ4n) is 3.18. The third-order valence-corrected chi connectivity index (χ3v) is 4.94. The highest BCUT2D eigenvalue weighted by molar-refractivity contribution is 9.10. The Hall–Kier alpha value is -1.83. The Morgan fingerprint density at radius 2 is 2.04 bits per heavy atom. The lowest BCUT2D eigenvalue weighted by molar-refractivity contribution is 0.0290. The summed E-state index contributed by atoms with van der Waals surface area (Å²) < 4.78 is 5.88. The Morgan fingerprint density at radius 3 is 2.67 bits per heavy atom. The zero-order chi connectivity index (χ0) is 17.6. The van der Waals surface area contributed by atoms with Gasteiger partial charge in [-0.3, -0.25) is 4.79 Å². The Morgan fingerprint density at radius 1 is 1.33 bits per heavy atom. The van der Waals surface area contributed by atoms with E-state index >= 15 is 0 Å². The van der Waals surface area contributed by atoms with Crippen LogP contribution in [0.5, 0.6) is 0 Å². The van der Waals surface area contributed by atoms with Gasteiger partial charge in [-0.25, -0.2) is 9.78 Å². The second kappa shape index (κ2) is 5.91. The molecule has 2 N–H and O–H groups in total. The molecule has 0 radical (unpaired) electrons. The molecule has 0 aromatic carbocycles. The molecule has 2 aliphatic heterocycles. The van der Waals surface area contributed by atoms with Crippen molar-refractivity contribution in [1.82, 2.24) is 9.88 Å². The first kappa shape index (κ1) is 17.0. The van der Waals surface area contributed by atoms with Crippen molar-refractivity contribution in [2.24, 2.45) is 11.7 Å². The van der Waals surface area contributed by atoms with E-state index in [4.69, 9.17) is 10.5 Å². The number of aromatic nitrogens is 1. The SMILES string of the molecule is CC(C)(C)OC(=O)N1C[C@@H]2CN(c3cnc(Br)c(C(N)=O)c3)[C@@H]2C1. The Kier molecular flexibility index (Phi) is 4.19. The lowest BCUT2D eigenvalue weighted by atomic mass is 9.91. The van der Waals surface area contributed by atoms with Crippen LogP contribution in [0.3, 0.4) is 0 Å². The number of anilines is 1. The minimum absolute atomic E-state index is 0.223. The summed E-state index contributed by atoms with van der Waals surface area (Å²) in [6.45, 7) is 7.72. The van der Waals surface area contributed by atoms with Crippen LogP contribution < -0.4 is 10.6 Å². The van der Waals surface area contributed by atoms with Gasteiger partial charge in [-0.1, -0.05) is 0 Å². The molecule has 24 heavy (non-hydrogen) atoms. The number of hydrogen-bond donors (Lipinski definition) is 1. The molecule has 7 nitrogen and oxygen atoms in total. The summed E-state index contributed by atoms with van der Waals surface area (Å²) in [5.74, 6) is -0.103. The van der Waals surface area contributed by atoms with Crippen molar-refractivity contribution in [3.05, 3.63) is 22.4 Å². The molecule has 0 unspecified atom stereocenters. The van der Waals surface area contributed by atoms with Crippen LogP contribution in [0.1, 0.15) is 31.1 Å². The predicted octanol–water partition coefficient (Wildman–Crippen LogP) is 2.00. The zero-order valence-electron chi connectivity index (χ0n) is 14.0. The van der Waals surface area contributed by atoms with Gasteiger partial charge in [0.05, 0.1) is 23.5 Å². The van der Waals surface area contributed by atoms with Gasteiger partial charge in [-0.05, 0) is 42.8 Å². The molecule has 2 fully saturated rings. The van der Waals surface area contributed by atoms with E-state index in [0.29, 0.717) is 29.2 Å². The molecule has 0 aliphatic carbocycles. The summed E-state index contributed by atoms with van der Waals surface area (Å²) in [5.41, 5.74) is 6.08. The number of ether oxygens (including phenoxy) is 1. The van der Waals surface area contributed by atoms with Gasteiger partial charge in [0.1, 0.15) is 10.2 Å². The van der Waals surface area contributed by atoms with Crippen LogP contribution in [0.15, 0.2) is 16.9 Å². The smallest absolute Gasteiger partial charge is 0.410 e. The van der Waals surface area contributed by atoms with E-state index in [9.17, 15) is 9.59 Å². The van der Waals surface area contributed by atoms with Crippen molar-refractivity contribution in [1.29, 1.82) is 0 Å². The molecule has 2 atom stereocenters. The van der Waals surface area contributed by atoms with Gasteiger partial charge in [-0.2, -0.15) is 0 Å². The number of hydrogen-bond acceptors (Lipinski definition) is 5. The van der Waals surface area contributed by atoms with E-state index in [0.717, 1.165) is 12.2 Å². The highest BCUT2D eigenvalue weighted by Gasteiger charge is 2.48. The Labute approximate surface area is 149 Å². The van der Waals surface area contributed by atoms with Gasteiger partial charge < -0.3 is 20.3 Å². The number of carbonyl (C=O) groups is 2. The molecule has 8 heteroatoms. The summed E-state index contributed by atoms with van der Waals surface area (Å²) in [6.07, 6.45) is 1.44. The van der Waals surface area contributed by atoms with Crippen LogP contribution in [0, 0.1) is 5.92 Å². The first-order valence-corrected chi connectivity index (χ1v) is 8.65. The van der Waals surface area contributed by atoms with Crippen molar-refractivity contribution in [3.8, 4) is 0 Å². The van der Waals surface area contributed by atoms with Crippen molar-refractivity contribution >= 4 is 33.6 Å². The van der Waals surface area contributed by atoms with Crippen molar-refractivity contribution < 1.29 is 14.3 Å². The number of primary amides is 1. The molecule has 0 saturated carbocycles. The summed E-state index contributed by atoms with van der Waals surface area (Å²) >= 11 is 3.23. The summed E-state index contributed by atoms with van der Waals surface area (Å²) in [7, 11) is 0. The maximum Gasteiger partial charge on any atom is 0.410 e. The van der Waals surface area contributed by atoms with E-state index in [1.54, 1.807) is 17.2 Å². The van der Waals surface area contributed by atoms with E-state index in [1.165, 1.54) is 0 Å². The van der Waals surface area contributed by atoms with Crippen LogP contribution >= 0.6 is 15.9 Å². The number of carbonyl (C=O) groups excluding carboxylic acids is 2. The van der Waals surface area contributed by atoms with Crippen molar-refractivity contribution in [2.45, 2.75) is 32.4 Å². The minimum Gasteiger partial charge on any atom is -0.444 e. The van der Waals surface area contributed by atoms with Crippen LogP contribution in [0.2, 0.25) is 0 Å². The summed E-state index contributed by atoms with van der Waals surface area (Å²) in [4.78, 5) is 31.8. The van der Waals surface area contributed by atoms with Gasteiger partial charge >= 0.3 is 6.09 Å². The number of rotatable bonds is 2. The molecule has 3 rings (SSSR count). The number of likely N-dealkylation sites (tertiary alicyclic amines) is 1. The molecule has 1 aromatic heterocycles. The standard InChI is InChI=1S/C16H21BrN4O3/c1-16(2,3)24-15(23)20-6-9-7-21(12(9)8-20)10-4-11(14(18)22)13(17)19-5-10/h4-5,9,12H,6-8H2,1-3H3,(H2,18,22)/t9-,12-/m1/s1. The van der Waals surface area contributed by atoms with Gasteiger partial charge in [0, 0.05) is 25.6 Å². The number of nitrogens with zero attached hydrogens (tertiary/aromatic N) is 3. The molecule has 3 heterocycles. The molecular weight excluding hydrogens is 376 g/mol. The fourth-order valence-corrected chi connectivity index (χ4v) is 3.59. The van der Waals surface area contributed by atoms with Crippen LogP contribution in [0.25, 0.3) is 0 Å². The van der Waals surface area contributed by atoms with Crippen molar-refractivity contribution in [2.75, 3.05) is 24.5 Å². The Balaban J connectivity index is 1.70. The quantitative estimate of drug-likeness (QED) is 0.772. The third kappa shape index (κ3) is 3.19. The summed E-state index contributed by atoms with van der Waals surface area (Å²) in [6, 6.07) is 1.97. The maximum atomic E-state index is 12.2. The molecule has 0 bridgehead atoms. The number of amides is 2. The Bertz CT molecular complexity index is 688. The van der Waals surface area contributed by atoms with Crippen LogP contribution in [-0.4, -0.2) is 53.2 Å². The van der Waals surface area contributed by atoms with Gasteiger partial charge in [-0.15, -0.1) is 0 Å². The maximum absolute atomic E-state index is 12.2. The molecule has 1 aromatic rings. The van der Waals surface area contributed by atoms with Crippen LogP contribution in [-0.2, 0) is 4.74 Å². The third-order valence-electron chi connectivity index (χ3n) is 4.31. The number of halogens is 1. The number of fused-ring (bicyclic) bond motifs is 1. The average Bonchev–Trinajstić information content (AvgIpc) is 2.76. The van der Waals surface area contributed by atoms with E-state index in [-0.39, 0.29) is 12.1 Å². The predicted molar refractivity (Wildman–Crippen MR) is 92.9 cm³/mol. The molecule has 130 valence electrons. The van der Waals surface area contributed by atoms with Gasteiger partial charge in [0.25, 0.3) is 5.91 Å². The van der Waals surface area contributed by atoms with Crippen molar-refractivity contribution in [3.63, 3.8) is 0 Å². The van der Waals surface area contributed by atoms with E-state index in [2.05, 4.69) is 25.8 Å². The van der Waals surface area contributed by atoms with E-state index in [1.807, 2.05) is 20.8 Å². The molecular formula is C16H21BrN4O3. The topological polar surface area (TPSA) is 88.8 Å². The monoisotopic (exact) mass is 396 g/mol. The molecule has 2 saturated heterocycles. The fraction of sp³-hybridized carbons (Fsp3) is 0.562. The van der Waals surface area contributed by atoms with E-state index < -0.39 is 11.5 Å². The second-order valence-electron chi connectivity index (χ2n) is 7.26. The molecule has 2 amide bonds. The minimum atomic E-state index is -0.518. The van der Waals surface area contributed by atoms with Gasteiger partial charge in [0.2, 0.25) is 0 Å². The first-order valence-electron chi connectivity index (χ1n) is 7.85. The van der Waals surface area contributed by atoms with Crippen LogP contribution in [0.4, 0.5) is 10.5 Å². The first-order chi connectivity index (χ1) is 11.2.